The third-order valence-electron chi connectivity index (χ3n) is 6.83. The van der Waals surface area contributed by atoms with Gasteiger partial charge < -0.3 is 40.2 Å². The lowest BCUT2D eigenvalue weighted by Crippen LogP contribution is -2.37. The van der Waals surface area contributed by atoms with Crippen molar-refractivity contribution in [1.29, 1.82) is 0 Å². The number of carbonyl (C=O) groups excluding carboxylic acids is 2. The Bertz CT molecular complexity index is 1100. The maximum absolute atomic E-state index is 12.9. The van der Waals surface area contributed by atoms with Crippen LogP contribution in [0.1, 0.15) is 39.7 Å². The lowest BCUT2D eigenvalue weighted by atomic mass is 9.88. The molecule has 1 heterocycles. The number of anilines is 1. The Morgan fingerprint density at radius 1 is 1.13 bits per heavy atom. The zero-order valence-corrected chi connectivity index (χ0v) is 23.8. The van der Waals surface area contributed by atoms with Gasteiger partial charge in [0.05, 0.1) is 19.3 Å². The molecule has 5 N–H and O–H groups in total. The van der Waals surface area contributed by atoms with Crippen molar-refractivity contribution in [2.45, 2.75) is 65.0 Å². The molecule has 216 valence electrons. The molecule has 0 saturated carbocycles. The number of ether oxygens (including phenoxy) is 4. The summed E-state index contributed by atoms with van der Waals surface area (Å²) in [5, 5.41) is 24.5. The highest BCUT2D eigenvalue weighted by Crippen LogP contribution is 2.36. The number of allylic oxidation sites excluding steroid dienone is 2. The molecule has 0 aliphatic carbocycles. The highest BCUT2D eigenvalue weighted by Gasteiger charge is 2.29. The average molecular weight is 547 g/mol. The van der Waals surface area contributed by atoms with Gasteiger partial charge in [0.25, 0.3) is 5.91 Å². The minimum atomic E-state index is -0.968. The summed E-state index contributed by atoms with van der Waals surface area (Å²) in [4.78, 5) is 24.5. The molecule has 0 fully saturated rings. The van der Waals surface area contributed by atoms with E-state index in [-0.39, 0.29) is 23.5 Å². The van der Waals surface area contributed by atoms with Crippen LogP contribution in [0.3, 0.4) is 0 Å². The predicted octanol–water partition coefficient (Wildman–Crippen LogP) is 3.86. The van der Waals surface area contributed by atoms with Crippen LogP contribution in [-0.2, 0) is 25.4 Å². The highest BCUT2D eigenvalue weighted by atomic mass is 16.6. The van der Waals surface area contributed by atoms with Crippen LogP contribution in [0.25, 0.3) is 0 Å². The zero-order chi connectivity index (χ0) is 29.3. The number of aliphatic hydroxyl groups excluding tert-OH is 1. The number of hydrogen-bond donors (Lipinski definition) is 4. The van der Waals surface area contributed by atoms with Crippen molar-refractivity contribution < 1.29 is 38.7 Å². The van der Waals surface area contributed by atoms with E-state index in [0.29, 0.717) is 41.0 Å². The van der Waals surface area contributed by atoms with Crippen LogP contribution in [-0.4, -0.2) is 68.0 Å². The molecule has 1 unspecified atom stereocenters. The van der Waals surface area contributed by atoms with Crippen molar-refractivity contribution in [2.24, 2.45) is 17.6 Å². The van der Waals surface area contributed by atoms with E-state index in [1.54, 1.807) is 45.3 Å². The number of primary amides is 1. The first-order chi connectivity index (χ1) is 18.4. The summed E-state index contributed by atoms with van der Waals surface area (Å²) in [6.07, 6.45) is 3.75. The summed E-state index contributed by atoms with van der Waals surface area (Å²) in [5.41, 5.74) is 7.49. The molecule has 1 aromatic carbocycles. The molecule has 1 aromatic rings. The van der Waals surface area contributed by atoms with Gasteiger partial charge in [-0.2, -0.15) is 0 Å². The van der Waals surface area contributed by atoms with Gasteiger partial charge in [-0.1, -0.05) is 38.2 Å². The maximum atomic E-state index is 12.9. The SMILES string of the molecule is COc1c(O)cc2cc1C[C@@H](C)C[C@H](OC)[C@H](O)[C@@H](C)C=C(C)[C@H](OC(N)=O)C(OC)C=CC=C(C)C(=O)N2. The number of fused-ring (bicyclic) bond motifs is 2. The van der Waals surface area contributed by atoms with Crippen LogP contribution in [0, 0.1) is 11.8 Å². The largest absolute Gasteiger partial charge is 0.504 e. The van der Waals surface area contributed by atoms with Gasteiger partial charge in [0.15, 0.2) is 17.6 Å². The van der Waals surface area contributed by atoms with Gasteiger partial charge >= 0.3 is 6.09 Å². The lowest BCUT2D eigenvalue weighted by molar-refractivity contribution is -0.112. The molecule has 0 spiro atoms. The first-order valence-corrected chi connectivity index (χ1v) is 12.9. The molecule has 0 aromatic heterocycles. The summed E-state index contributed by atoms with van der Waals surface area (Å²) >= 11 is 0. The summed E-state index contributed by atoms with van der Waals surface area (Å²) in [6, 6.07) is 3.20. The lowest BCUT2D eigenvalue weighted by Gasteiger charge is -2.29. The van der Waals surface area contributed by atoms with Crippen molar-refractivity contribution in [1.82, 2.24) is 0 Å². The van der Waals surface area contributed by atoms with Gasteiger partial charge in [0.1, 0.15) is 6.10 Å². The molecule has 1 aliphatic heterocycles. The van der Waals surface area contributed by atoms with Crippen molar-refractivity contribution in [3.8, 4) is 11.5 Å². The number of rotatable bonds is 4. The van der Waals surface area contributed by atoms with Crippen molar-refractivity contribution in [3.05, 3.63) is 53.1 Å². The number of amides is 2. The first kappa shape index (κ1) is 31.9. The third kappa shape index (κ3) is 8.84. The Kier molecular flexibility index (Phi) is 12.0. The standard InChI is InChI=1S/C29H42N2O8/c1-16-11-20-14-21(15-22(32)27(20)38-7)31-28(34)17(2)9-8-10-23(36-5)26(39-29(30)35)19(4)13-18(3)25(33)24(12-16)37-6/h8-10,13-16,18,23-26,32-33H,11-12H2,1-7H3,(H2,30,35)(H,31,34)/t16-,18+,23?,24+,25-,26+/m1/s1. The van der Waals surface area contributed by atoms with Crippen LogP contribution in [0.2, 0.25) is 0 Å². The topological polar surface area (TPSA) is 150 Å². The van der Waals surface area contributed by atoms with Crippen LogP contribution in [0.4, 0.5) is 10.5 Å². The van der Waals surface area contributed by atoms with E-state index >= 15 is 0 Å². The Labute approximate surface area is 230 Å². The van der Waals surface area contributed by atoms with Gasteiger partial charge in [-0.3, -0.25) is 4.79 Å². The molecule has 6 atom stereocenters. The average Bonchev–Trinajstić information content (AvgIpc) is 2.87. The van der Waals surface area contributed by atoms with Gasteiger partial charge in [-0.05, 0) is 44.2 Å². The number of phenolic OH excluding ortho intramolecular Hbond substituents is 1. The zero-order valence-electron chi connectivity index (χ0n) is 23.8. The Morgan fingerprint density at radius 2 is 1.82 bits per heavy atom. The molecule has 2 bridgehead atoms. The summed E-state index contributed by atoms with van der Waals surface area (Å²) in [7, 11) is 4.48. The minimum Gasteiger partial charge on any atom is -0.504 e. The van der Waals surface area contributed by atoms with Crippen LogP contribution in [0.5, 0.6) is 11.5 Å². The van der Waals surface area contributed by atoms with E-state index < -0.39 is 30.5 Å². The fourth-order valence-corrected chi connectivity index (χ4v) is 4.77. The summed E-state index contributed by atoms with van der Waals surface area (Å²) in [6.45, 7) is 7.27. The number of nitrogens with two attached hydrogens (primary N) is 1. The molecule has 10 nitrogen and oxygen atoms in total. The molecule has 10 heteroatoms. The molecule has 0 radical (unpaired) electrons. The Hall–Kier alpha value is -3.34. The second-order valence-corrected chi connectivity index (χ2v) is 10.0. The van der Waals surface area contributed by atoms with Gasteiger partial charge in [-0.25, -0.2) is 4.79 Å². The second-order valence-electron chi connectivity index (χ2n) is 10.0. The second kappa shape index (κ2) is 14.7. The Morgan fingerprint density at radius 3 is 2.41 bits per heavy atom. The maximum Gasteiger partial charge on any atom is 0.405 e. The van der Waals surface area contributed by atoms with E-state index in [9.17, 15) is 19.8 Å². The van der Waals surface area contributed by atoms with Gasteiger partial charge in [-0.15, -0.1) is 0 Å². The van der Waals surface area contributed by atoms with Gasteiger partial charge in [0, 0.05) is 43.0 Å². The van der Waals surface area contributed by atoms with E-state index in [2.05, 4.69) is 5.32 Å². The summed E-state index contributed by atoms with van der Waals surface area (Å²) in [5.74, 6) is -0.486. The first-order valence-electron chi connectivity index (χ1n) is 12.9. The number of aromatic hydroxyl groups is 1. The monoisotopic (exact) mass is 546 g/mol. The third-order valence-corrected chi connectivity index (χ3v) is 6.83. The number of methoxy groups -OCH3 is 3. The number of hydrogen-bond acceptors (Lipinski definition) is 8. The molecular weight excluding hydrogens is 504 g/mol. The highest BCUT2D eigenvalue weighted by molar-refractivity contribution is 6.03. The molecular formula is C29H42N2O8. The van der Waals surface area contributed by atoms with Crippen molar-refractivity contribution in [3.63, 3.8) is 0 Å². The van der Waals surface area contributed by atoms with Crippen LogP contribution in [0.15, 0.2) is 47.6 Å². The molecule has 1 aliphatic rings. The quantitative estimate of drug-likeness (QED) is 0.416. The molecule has 39 heavy (non-hydrogen) atoms. The molecule has 0 saturated heterocycles. The van der Waals surface area contributed by atoms with Crippen LogP contribution >= 0.6 is 0 Å². The van der Waals surface area contributed by atoms with Crippen molar-refractivity contribution in [2.75, 3.05) is 26.6 Å². The minimum absolute atomic E-state index is 0.0119. The fraction of sp³-hybridized carbons (Fsp3) is 0.517. The number of phenols is 1. The summed E-state index contributed by atoms with van der Waals surface area (Å²) < 4.78 is 22.0. The van der Waals surface area contributed by atoms with Crippen LogP contribution < -0.4 is 15.8 Å². The number of carbonyl (C=O) groups is 2. The number of nitrogens with one attached hydrogen (secondary N) is 1. The number of aliphatic hydroxyl groups is 1. The van der Waals surface area contributed by atoms with Crippen molar-refractivity contribution >= 4 is 17.7 Å². The van der Waals surface area contributed by atoms with E-state index in [0.717, 1.165) is 0 Å². The smallest absolute Gasteiger partial charge is 0.405 e. The number of benzene rings is 1. The normalized spacial score (nSPS) is 27.2. The van der Waals surface area contributed by atoms with Gasteiger partial charge in [0.2, 0.25) is 0 Å². The Balaban J connectivity index is 2.59. The molecule has 2 amide bonds. The fourth-order valence-electron chi connectivity index (χ4n) is 4.77. The predicted molar refractivity (Wildman–Crippen MR) is 149 cm³/mol. The van der Waals surface area contributed by atoms with E-state index in [4.69, 9.17) is 24.7 Å². The molecule has 2 rings (SSSR count). The van der Waals surface area contributed by atoms with E-state index in [1.807, 2.05) is 19.9 Å². The van der Waals surface area contributed by atoms with E-state index in [1.165, 1.54) is 20.3 Å².